The summed E-state index contributed by atoms with van der Waals surface area (Å²) in [6, 6.07) is 0. The van der Waals surface area contributed by atoms with E-state index in [2.05, 4.69) is 0 Å². The predicted octanol–water partition coefficient (Wildman–Crippen LogP) is 4.95. The summed E-state index contributed by atoms with van der Waals surface area (Å²) in [5.74, 6) is -20.2. The highest BCUT2D eigenvalue weighted by molar-refractivity contribution is 5.44. The van der Waals surface area contributed by atoms with Gasteiger partial charge in [0.1, 0.15) is 11.7 Å². The highest BCUT2D eigenvalue weighted by Crippen LogP contribution is 2.49. The Kier molecular flexibility index (Phi) is 3.54. The first-order valence-electron chi connectivity index (χ1n) is 5.25. The first-order chi connectivity index (χ1) is 9.63. The quantitative estimate of drug-likeness (QED) is 0.390. The minimum absolute atomic E-state index is 0.0937. The lowest BCUT2D eigenvalue weighted by Crippen LogP contribution is -2.30. The van der Waals surface area contributed by atoms with Crippen LogP contribution in [0.2, 0.25) is 0 Å². The van der Waals surface area contributed by atoms with E-state index in [-0.39, 0.29) is 6.08 Å². The molecule has 0 aliphatic heterocycles. The summed E-state index contributed by atoms with van der Waals surface area (Å²) in [4.78, 5) is 0. The number of alkyl halides is 1. The highest BCUT2D eigenvalue weighted by Gasteiger charge is 2.52. The minimum Gasteiger partial charge on any atom is -0.223 e. The second-order valence-electron chi connectivity index (χ2n) is 4.08. The molecule has 21 heavy (non-hydrogen) atoms. The van der Waals surface area contributed by atoms with Gasteiger partial charge in [0.25, 0.3) is 0 Å². The molecule has 1 aromatic rings. The van der Waals surface area contributed by atoms with Gasteiger partial charge in [-0.05, 0) is 6.08 Å². The number of hydrogen-bond donors (Lipinski definition) is 0. The van der Waals surface area contributed by atoms with E-state index in [0.717, 1.165) is 0 Å². The fraction of sp³-hybridized carbons (Fsp3) is 0.167. The van der Waals surface area contributed by atoms with Crippen LogP contribution in [-0.2, 0) is 5.67 Å². The molecule has 0 amide bonds. The first kappa shape index (κ1) is 15.5. The largest absolute Gasteiger partial charge is 0.245 e. The molecule has 1 aliphatic carbocycles. The van der Waals surface area contributed by atoms with Gasteiger partial charge in [0.2, 0.25) is 11.5 Å². The Hall–Kier alpha value is -1.93. The van der Waals surface area contributed by atoms with Crippen LogP contribution in [0.1, 0.15) is 12.0 Å². The molecule has 0 radical (unpaired) electrons. The van der Waals surface area contributed by atoms with Crippen molar-refractivity contribution in [3.8, 4) is 0 Å². The summed E-state index contributed by atoms with van der Waals surface area (Å²) in [7, 11) is 0. The van der Waals surface area contributed by atoms with Gasteiger partial charge in [0.15, 0.2) is 29.1 Å². The van der Waals surface area contributed by atoms with Crippen molar-refractivity contribution in [3.63, 3.8) is 0 Å². The molecule has 0 fully saturated rings. The van der Waals surface area contributed by atoms with Gasteiger partial charge in [-0.15, -0.1) is 0 Å². The number of rotatable bonds is 1. The van der Waals surface area contributed by atoms with E-state index in [1.165, 1.54) is 0 Å². The third kappa shape index (κ3) is 1.94. The van der Waals surface area contributed by atoms with E-state index < -0.39 is 64.2 Å². The van der Waals surface area contributed by atoms with Crippen LogP contribution in [0.25, 0.3) is 0 Å². The summed E-state index contributed by atoms with van der Waals surface area (Å²) in [6.45, 7) is 0. The lowest BCUT2D eigenvalue weighted by Gasteiger charge is -2.26. The lowest BCUT2D eigenvalue weighted by molar-refractivity contribution is 0.154. The number of benzene rings is 1. The van der Waals surface area contributed by atoms with Crippen molar-refractivity contribution in [2.45, 2.75) is 12.1 Å². The maximum absolute atomic E-state index is 14.3. The average molecular weight is 318 g/mol. The van der Waals surface area contributed by atoms with Crippen molar-refractivity contribution in [2.24, 2.45) is 0 Å². The van der Waals surface area contributed by atoms with Gasteiger partial charge in [-0.1, -0.05) is 0 Å². The number of allylic oxidation sites excluding steroid dienone is 4. The third-order valence-electron chi connectivity index (χ3n) is 2.88. The van der Waals surface area contributed by atoms with Crippen LogP contribution in [-0.4, -0.2) is 0 Å². The maximum Gasteiger partial charge on any atom is 0.245 e. The average Bonchev–Trinajstić information content (AvgIpc) is 2.45. The van der Waals surface area contributed by atoms with E-state index in [4.69, 9.17) is 0 Å². The lowest BCUT2D eigenvalue weighted by atomic mass is 9.87. The fourth-order valence-electron chi connectivity index (χ4n) is 1.84. The molecule has 0 spiro atoms. The van der Waals surface area contributed by atoms with Gasteiger partial charge in [0.05, 0.1) is 5.56 Å². The van der Waals surface area contributed by atoms with Crippen LogP contribution >= 0.6 is 0 Å². The molecule has 1 aromatic carbocycles. The van der Waals surface area contributed by atoms with Crippen LogP contribution < -0.4 is 0 Å². The zero-order valence-corrected chi connectivity index (χ0v) is 9.69. The molecule has 2 rings (SSSR count). The molecular weight excluding hydrogens is 315 g/mol. The van der Waals surface area contributed by atoms with Crippen molar-refractivity contribution < 1.29 is 39.5 Å². The van der Waals surface area contributed by atoms with E-state index in [0.29, 0.717) is 0 Å². The van der Waals surface area contributed by atoms with Crippen LogP contribution in [0, 0.1) is 29.1 Å². The predicted molar refractivity (Wildman–Crippen MR) is 52.1 cm³/mol. The molecule has 114 valence electrons. The summed E-state index contributed by atoms with van der Waals surface area (Å²) in [5, 5.41) is 0. The fourth-order valence-corrected chi connectivity index (χ4v) is 1.84. The Bertz CT molecular complexity index is 659. The SMILES string of the molecule is FC1=CCC(F)=C(F)C1(F)c1c(F)c(F)c(F)c(F)c1F. The Labute approximate surface area is 111 Å². The molecule has 0 saturated heterocycles. The molecule has 1 aliphatic rings. The van der Waals surface area contributed by atoms with Gasteiger partial charge < -0.3 is 0 Å². The van der Waals surface area contributed by atoms with Gasteiger partial charge in [0, 0.05) is 6.42 Å². The van der Waals surface area contributed by atoms with Crippen LogP contribution in [0.3, 0.4) is 0 Å². The first-order valence-corrected chi connectivity index (χ1v) is 5.25. The van der Waals surface area contributed by atoms with Crippen molar-refractivity contribution in [2.75, 3.05) is 0 Å². The van der Waals surface area contributed by atoms with E-state index in [9.17, 15) is 39.5 Å². The van der Waals surface area contributed by atoms with Gasteiger partial charge >= 0.3 is 0 Å². The van der Waals surface area contributed by atoms with Gasteiger partial charge in [-0.3, -0.25) is 0 Å². The van der Waals surface area contributed by atoms with Crippen molar-refractivity contribution in [3.05, 3.63) is 58.2 Å². The van der Waals surface area contributed by atoms with Crippen molar-refractivity contribution in [1.82, 2.24) is 0 Å². The second kappa shape index (κ2) is 4.81. The van der Waals surface area contributed by atoms with Crippen molar-refractivity contribution in [1.29, 1.82) is 0 Å². The summed E-state index contributed by atoms with van der Waals surface area (Å²) in [5.41, 5.74) is -6.99. The molecule has 1 unspecified atom stereocenters. The summed E-state index contributed by atoms with van der Waals surface area (Å²) in [6.07, 6.45) is -0.963. The molecule has 0 saturated carbocycles. The molecular formula is C12H3F9. The Morgan fingerprint density at radius 2 is 1.14 bits per heavy atom. The Morgan fingerprint density at radius 1 is 0.714 bits per heavy atom. The standard InChI is InChI=1S/C12H3F9/c13-3-1-2-4(14)12(21,11(3)20)5-6(15)8(17)10(19)9(18)7(5)16/h2H,1H2. The Morgan fingerprint density at radius 3 is 1.62 bits per heavy atom. The molecule has 0 nitrogen and oxygen atoms in total. The van der Waals surface area contributed by atoms with Gasteiger partial charge in [-0.2, -0.15) is 0 Å². The summed E-state index contributed by atoms with van der Waals surface area (Å²) < 4.78 is 120. The zero-order valence-electron chi connectivity index (χ0n) is 9.69. The minimum atomic E-state index is -4.55. The smallest absolute Gasteiger partial charge is 0.223 e. The monoisotopic (exact) mass is 318 g/mol. The molecule has 0 N–H and O–H groups in total. The number of hydrogen-bond acceptors (Lipinski definition) is 0. The van der Waals surface area contributed by atoms with E-state index >= 15 is 0 Å². The molecule has 0 aromatic heterocycles. The highest BCUT2D eigenvalue weighted by atomic mass is 19.2. The topological polar surface area (TPSA) is 0 Å². The molecule has 0 heterocycles. The van der Waals surface area contributed by atoms with Crippen LogP contribution in [0.4, 0.5) is 39.5 Å². The maximum atomic E-state index is 14.3. The van der Waals surface area contributed by atoms with Gasteiger partial charge in [-0.25, -0.2) is 39.5 Å². The van der Waals surface area contributed by atoms with Crippen LogP contribution in [0.15, 0.2) is 23.6 Å². The third-order valence-corrected chi connectivity index (χ3v) is 2.88. The second-order valence-corrected chi connectivity index (χ2v) is 4.08. The zero-order chi connectivity index (χ0) is 16.1. The van der Waals surface area contributed by atoms with Crippen molar-refractivity contribution >= 4 is 0 Å². The molecule has 0 bridgehead atoms. The number of halogens is 9. The molecule has 9 heteroatoms. The van der Waals surface area contributed by atoms with E-state index in [1.54, 1.807) is 0 Å². The summed E-state index contributed by atoms with van der Waals surface area (Å²) >= 11 is 0. The normalized spacial score (nSPS) is 22.6. The molecule has 1 atom stereocenters. The van der Waals surface area contributed by atoms with Crippen LogP contribution in [0.5, 0.6) is 0 Å². The van der Waals surface area contributed by atoms with E-state index in [1.807, 2.05) is 0 Å². The Balaban J connectivity index is 2.89.